The Balaban J connectivity index is 2.00. The fraction of sp³-hybridized carbons (Fsp3) is 0.611. The average molecular weight is 320 g/mol. The highest BCUT2D eigenvalue weighted by molar-refractivity contribution is 5.81. The first-order chi connectivity index (χ1) is 10.8. The quantitative estimate of drug-likeness (QED) is 0.843. The van der Waals surface area contributed by atoms with Crippen molar-refractivity contribution in [2.75, 3.05) is 19.8 Å². The fourth-order valence-electron chi connectivity index (χ4n) is 2.62. The molecule has 1 aliphatic heterocycles. The Morgan fingerprint density at radius 3 is 2.57 bits per heavy atom. The van der Waals surface area contributed by atoms with Crippen LogP contribution in [0.25, 0.3) is 0 Å². The second kappa shape index (κ2) is 7.21. The van der Waals surface area contributed by atoms with E-state index in [9.17, 15) is 4.79 Å². The van der Waals surface area contributed by atoms with E-state index in [1.807, 2.05) is 18.2 Å². The van der Waals surface area contributed by atoms with Crippen LogP contribution in [-0.4, -0.2) is 31.7 Å². The first kappa shape index (κ1) is 17.6. The molecule has 5 heteroatoms. The monoisotopic (exact) mass is 320 g/mol. The Morgan fingerprint density at radius 2 is 1.91 bits per heavy atom. The minimum absolute atomic E-state index is 0.0932. The molecule has 2 rings (SSSR count). The summed E-state index contributed by atoms with van der Waals surface area (Å²) in [6.07, 6.45) is 0.691. The maximum Gasteiger partial charge on any atom is 0.236 e. The fourth-order valence-corrected chi connectivity index (χ4v) is 2.62. The summed E-state index contributed by atoms with van der Waals surface area (Å²) in [6, 6.07) is 5.49. The van der Waals surface area contributed by atoms with Gasteiger partial charge < -0.3 is 20.5 Å². The highest BCUT2D eigenvalue weighted by atomic mass is 16.6. The summed E-state index contributed by atoms with van der Waals surface area (Å²) in [7, 11) is 0. The van der Waals surface area contributed by atoms with Gasteiger partial charge in [0.15, 0.2) is 11.5 Å². The van der Waals surface area contributed by atoms with Crippen LogP contribution in [0, 0.1) is 5.92 Å². The molecule has 0 radical (unpaired) electrons. The van der Waals surface area contributed by atoms with Gasteiger partial charge in [0.2, 0.25) is 5.91 Å². The van der Waals surface area contributed by atoms with Gasteiger partial charge in [-0.3, -0.25) is 4.79 Å². The van der Waals surface area contributed by atoms with Crippen molar-refractivity contribution in [3.05, 3.63) is 23.8 Å². The number of benzene rings is 1. The van der Waals surface area contributed by atoms with E-state index in [0.29, 0.717) is 32.1 Å². The van der Waals surface area contributed by atoms with Crippen LogP contribution < -0.4 is 20.5 Å². The van der Waals surface area contributed by atoms with Gasteiger partial charge in [-0.1, -0.05) is 33.8 Å². The van der Waals surface area contributed by atoms with Gasteiger partial charge >= 0.3 is 0 Å². The lowest BCUT2D eigenvalue weighted by atomic mass is 9.84. The van der Waals surface area contributed by atoms with Crippen LogP contribution in [-0.2, 0) is 10.2 Å². The molecule has 0 saturated carbocycles. The lowest BCUT2D eigenvalue weighted by Crippen LogP contribution is -2.45. The van der Waals surface area contributed by atoms with Crippen molar-refractivity contribution in [2.45, 2.75) is 45.6 Å². The van der Waals surface area contributed by atoms with Gasteiger partial charge in [0.05, 0.1) is 6.04 Å². The van der Waals surface area contributed by atoms with Crippen LogP contribution in [0.4, 0.5) is 0 Å². The van der Waals surface area contributed by atoms with E-state index in [2.05, 4.69) is 33.0 Å². The second-order valence-electron chi connectivity index (χ2n) is 7.20. The Labute approximate surface area is 138 Å². The van der Waals surface area contributed by atoms with Crippen molar-refractivity contribution >= 4 is 5.91 Å². The summed E-state index contributed by atoms with van der Waals surface area (Å²) in [5.74, 6) is 1.86. The van der Waals surface area contributed by atoms with Crippen molar-refractivity contribution in [1.82, 2.24) is 5.32 Å². The number of carbonyl (C=O) groups is 1. The second-order valence-corrected chi connectivity index (χ2v) is 7.20. The summed E-state index contributed by atoms with van der Waals surface area (Å²) in [5.41, 5.74) is 6.81. The Kier molecular flexibility index (Phi) is 5.52. The third kappa shape index (κ3) is 4.61. The van der Waals surface area contributed by atoms with E-state index in [4.69, 9.17) is 15.2 Å². The molecule has 5 nitrogen and oxygen atoms in total. The summed E-state index contributed by atoms with van der Waals surface area (Å²) in [4.78, 5) is 12.1. The van der Waals surface area contributed by atoms with Crippen LogP contribution in [0.2, 0.25) is 0 Å². The molecule has 0 fully saturated rings. The van der Waals surface area contributed by atoms with E-state index in [1.165, 1.54) is 0 Å². The number of fused-ring (bicyclic) bond motifs is 1. The number of hydrogen-bond donors (Lipinski definition) is 2. The van der Waals surface area contributed by atoms with Crippen molar-refractivity contribution in [3.8, 4) is 11.5 Å². The minimum Gasteiger partial charge on any atom is -0.486 e. The summed E-state index contributed by atoms with van der Waals surface area (Å²) < 4.78 is 11.2. The lowest BCUT2D eigenvalue weighted by molar-refractivity contribution is -0.122. The topological polar surface area (TPSA) is 73.6 Å². The zero-order valence-electron chi connectivity index (χ0n) is 14.5. The van der Waals surface area contributed by atoms with E-state index in [-0.39, 0.29) is 11.3 Å². The van der Waals surface area contributed by atoms with E-state index < -0.39 is 6.04 Å². The molecule has 1 heterocycles. The van der Waals surface area contributed by atoms with Gasteiger partial charge in [-0.2, -0.15) is 0 Å². The normalized spacial score (nSPS) is 15.4. The van der Waals surface area contributed by atoms with Gasteiger partial charge in [0, 0.05) is 12.0 Å². The Hall–Kier alpha value is -1.75. The number of nitrogens with one attached hydrogen (secondary N) is 1. The third-order valence-electron chi connectivity index (χ3n) is 4.09. The molecule has 128 valence electrons. The zero-order chi connectivity index (χ0) is 17.0. The first-order valence-electron chi connectivity index (χ1n) is 8.23. The molecular formula is C18H28N2O3. The van der Waals surface area contributed by atoms with Crippen LogP contribution in [0.5, 0.6) is 11.5 Å². The Morgan fingerprint density at radius 1 is 1.26 bits per heavy atom. The minimum atomic E-state index is -0.453. The van der Waals surface area contributed by atoms with Crippen molar-refractivity contribution in [2.24, 2.45) is 11.7 Å². The van der Waals surface area contributed by atoms with Crippen LogP contribution in [0.1, 0.15) is 39.7 Å². The van der Waals surface area contributed by atoms with Gasteiger partial charge in [-0.15, -0.1) is 0 Å². The van der Waals surface area contributed by atoms with Crippen molar-refractivity contribution in [3.63, 3.8) is 0 Å². The van der Waals surface area contributed by atoms with Gasteiger partial charge in [-0.05, 0) is 30.0 Å². The molecule has 1 aromatic carbocycles. The molecule has 1 atom stereocenters. The van der Waals surface area contributed by atoms with E-state index in [0.717, 1.165) is 17.1 Å². The Bertz CT molecular complexity index is 555. The molecule has 0 unspecified atom stereocenters. The average Bonchev–Trinajstić information content (AvgIpc) is 2.51. The number of hydrogen-bond acceptors (Lipinski definition) is 4. The molecule has 0 spiro atoms. The number of nitrogens with two attached hydrogens (primary N) is 1. The first-order valence-corrected chi connectivity index (χ1v) is 8.23. The van der Waals surface area contributed by atoms with Crippen LogP contribution >= 0.6 is 0 Å². The van der Waals surface area contributed by atoms with Gasteiger partial charge in [0.1, 0.15) is 13.2 Å². The highest BCUT2D eigenvalue weighted by Gasteiger charge is 2.25. The standard InChI is InChI=1S/C18H28N2O3/c1-12(2)9-14(19)17(21)20-11-18(3,4)13-5-6-15-16(10-13)23-8-7-22-15/h5-6,10,12,14H,7-9,11,19H2,1-4H3,(H,20,21)/t14-/m0/s1. The molecule has 0 saturated heterocycles. The van der Waals surface area contributed by atoms with Crippen LogP contribution in [0.3, 0.4) is 0 Å². The maximum absolute atomic E-state index is 12.1. The molecule has 23 heavy (non-hydrogen) atoms. The van der Waals surface area contributed by atoms with E-state index in [1.54, 1.807) is 0 Å². The number of amides is 1. The third-order valence-corrected chi connectivity index (χ3v) is 4.09. The number of carbonyl (C=O) groups excluding carboxylic acids is 1. The highest BCUT2D eigenvalue weighted by Crippen LogP contribution is 2.34. The molecule has 3 N–H and O–H groups in total. The SMILES string of the molecule is CC(C)C[C@H](N)C(=O)NCC(C)(C)c1ccc2c(c1)OCCO2. The molecule has 0 aromatic heterocycles. The molecule has 0 aliphatic carbocycles. The lowest BCUT2D eigenvalue weighted by Gasteiger charge is -2.28. The molecule has 1 amide bonds. The summed E-state index contributed by atoms with van der Waals surface area (Å²) >= 11 is 0. The summed E-state index contributed by atoms with van der Waals surface area (Å²) in [5, 5.41) is 2.97. The molecule has 0 bridgehead atoms. The number of ether oxygens (including phenoxy) is 2. The summed E-state index contributed by atoms with van der Waals surface area (Å²) in [6.45, 7) is 9.98. The van der Waals surface area contributed by atoms with Crippen molar-refractivity contribution < 1.29 is 14.3 Å². The largest absolute Gasteiger partial charge is 0.486 e. The molecule has 1 aliphatic rings. The maximum atomic E-state index is 12.1. The van der Waals surface area contributed by atoms with E-state index >= 15 is 0 Å². The molecule has 1 aromatic rings. The predicted molar refractivity (Wildman–Crippen MR) is 90.9 cm³/mol. The van der Waals surface area contributed by atoms with Gasteiger partial charge in [0.25, 0.3) is 0 Å². The van der Waals surface area contributed by atoms with Gasteiger partial charge in [-0.25, -0.2) is 0 Å². The van der Waals surface area contributed by atoms with Crippen LogP contribution in [0.15, 0.2) is 18.2 Å². The predicted octanol–water partition coefficient (Wildman–Crippen LogP) is 2.23. The number of rotatable bonds is 6. The smallest absolute Gasteiger partial charge is 0.236 e. The van der Waals surface area contributed by atoms with Crippen molar-refractivity contribution in [1.29, 1.82) is 0 Å². The zero-order valence-corrected chi connectivity index (χ0v) is 14.5. The molecular weight excluding hydrogens is 292 g/mol.